The molecule has 2 rings (SSSR count). The minimum Gasteiger partial charge on any atom is -0.361 e. The fraction of sp³-hybridized carbons (Fsp3) is 0.500. The summed E-state index contributed by atoms with van der Waals surface area (Å²) in [6, 6.07) is 4.00. The molecule has 0 amide bonds. The Hall–Kier alpha value is -1.62. The highest BCUT2D eigenvalue weighted by Crippen LogP contribution is 2.23. The van der Waals surface area contributed by atoms with Gasteiger partial charge in [-0.3, -0.25) is 4.79 Å². The first-order chi connectivity index (χ1) is 9.90. The number of pyridine rings is 1. The van der Waals surface area contributed by atoms with E-state index in [1.807, 2.05) is 42.9 Å². The van der Waals surface area contributed by atoms with Gasteiger partial charge in [-0.2, -0.15) is 0 Å². The summed E-state index contributed by atoms with van der Waals surface area (Å²) in [6.45, 7) is 11.2. The normalized spacial score (nSPS) is 11.4. The second kappa shape index (κ2) is 6.43. The summed E-state index contributed by atoms with van der Waals surface area (Å²) in [5, 5.41) is 6.12. The number of hydrogen-bond acceptors (Lipinski definition) is 4. The molecule has 0 fully saturated rings. The van der Waals surface area contributed by atoms with E-state index < -0.39 is 0 Å². The van der Waals surface area contributed by atoms with Crippen LogP contribution in [0.4, 0.5) is 5.13 Å². The van der Waals surface area contributed by atoms with Crippen molar-refractivity contribution < 1.29 is 0 Å². The molecule has 114 valence electrons. The lowest BCUT2D eigenvalue weighted by atomic mass is 10.2. The number of hydrogen-bond donors (Lipinski definition) is 1. The van der Waals surface area contributed by atoms with Gasteiger partial charge in [0.2, 0.25) is 0 Å². The number of nitrogens with one attached hydrogen (secondary N) is 1. The molecule has 2 aromatic rings. The third kappa shape index (κ3) is 3.53. The van der Waals surface area contributed by atoms with Crippen LogP contribution in [0.3, 0.4) is 0 Å². The predicted octanol–water partition coefficient (Wildman–Crippen LogP) is 3.93. The van der Waals surface area contributed by atoms with Crippen LogP contribution in [0.15, 0.2) is 22.3 Å². The van der Waals surface area contributed by atoms with E-state index in [0.717, 1.165) is 23.1 Å². The zero-order valence-electron chi connectivity index (χ0n) is 13.3. The molecule has 0 aromatic carbocycles. The average Bonchev–Trinajstić information content (AvgIpc) is 2.84. The topological polar surface area (TPSA) is 46.9 Å². The highest BCUT2D eigenvalue weighted by molar-refractivity contribution is 7.14. The summed E-state index contributed by atoms with van der Waals surface area (Å²) in [5.41, 5.74) is 2.44. The number of anilines is 1. The van der Waals surface area contributed by atoms with Crippen LogP contribution in [0.25, 0.3) is 11.3 Å². The second-order valence-electron chi connectivity index (χ2n) is 5.97. The van der Waals surface area contributed by atoms with Crippen LogP contribution in [0, 0.1) is 12.8 Å². The van der Waals surface area contributed by atoms with Crippen molar-refractivity contribution >= 4 is 16.5 Å². The van der Waals surface area contributed by atoms with Crippen LogP contribution >= 0.6 is 11.3 Å². The van der Waals surface area contributed by atoms with E-state index in [1.54, 1.807) is 11.3 Å². The Bertz CT molecular complexity index is 670. The molecule has 4 nitrogen and oxygen atoms in total. The van der Waals surface area contributed by atoms with Gasteiger partial charge in [-0.15, -0.1) is 11.3 Å². The van der Waals surface area contributed by atoms with Gasteiger partial charge in [0.05, 0.1) is 11.3 Å². The fourth-order valence-corrected chi connectivity index (χ4v) is 2.97. The van der Waals surface area contributed by atoms with Gasteiger partial charge in [-0.1, -0.05) is 13.8 Å². The second-order valence-corrected chi connectivity index (χ2v) is 6.83. The molecule has 2 aromatic heterocycles. The zero-order valence-corrected chi connectivity index (χ0v) is 14.1. The van der Waals surface area contributed by atoms with Gasteiger partial charge in [-0.25, -0.2) is 4.98 Å². The highest BCUT2D eigenvalue weighted by atomic mass is 32.1. The summed E-state index contributed by atoms with van der Waals surface area (Å²) in [5.74, 6) is 0.565. The average molecular weight is 305 g/mol. The molecule has 0 saturated carbocycles. The quantitative estimate of drug-likeness (QED) is 0.910. The van der Waals surface area contributed by atoms with Crippen molar-refractivity contribution in [2.75, 3.05) is 11.9 Å². The summed E-state index contributed by atoms with van der Waals surface area (Å²) < 4.78 is 1.82. The Morgan fingerprint density at radius 1 is 1.29 bits per heavy atom. The van der Waals surface area contributed by atoms with Gasteiger partial charge in [-0.05, 0) is 38.8 Å². The molecular weight excluding hydrogens is 282 g/mol. The molecule has 5 heteroatoms. The predicted molar refractivity (Wildman–Crippen MR) is 90.3 cm³/mol. The van der Waals surface area contributed by atoms with Crippen LogP contribution in [-0.2, 0) is 0 Å². The van der Waals surface area contributed by atoms with Crippen molar-refractivity contribution in [3.8, 4) is 11.3 Å². The first-order valence-corrected chi connectivity index (χ1v) is 8.20. The maximum absolute atomic E-state index is 12.6. The fourth-order valence-electron chi connectivity index (χ4n) is 2.25. The number of thiazole rings is 1. The molecule has 0 radical (unpaired) electrons. The monoisotopic (exact) mass is 305 g/mol. The van der Waals surface area contributed by atoms with Crippen LogP contribution in [0.2, 0.25) is 0 Å². The molecule has 0 atom stereocenters. The van der Waals surface area contributed by atoms with Crippen molar-refractivity contribution in [1.82, 2.24) is 9.55 Å². The van der Waals surface area contributed by atoms with E-state index in [2.05, 4.69) is 24.1 Å². The largest absolute Gasteiger partial charge is 0.361 e. The van der Waals surface area contributed by atoms with E-state index in [-0.39, 0.29) is 11.6 Å². The van der Waals surface area contributed by atoms with E-state index in [9.17, 15) is 4.79 Å². The third-order valence-corrected chi connectivity index (χ3v) is 4.08. The maximum Gasteiger partial charge on any atom is 0.260 e. The van der Waals surface area contributed by atoms with Gasteiger partial charge in [0.15, 0.2) is 5.13 Å². The Morgan fingerprint density at radius 2 is 2.00 bits per heavy atom. The lowest BCUT2D eigenvalue weighted by Crippen LogP contribution is -2.25. The third-order valence-electron chi connectivity index (χ3n) is 3.28. The van der Waals surface area contributed by atoms with Gasteiger partial charge >= 0.3 is 0 Å². The van der Waals surface area contributed by atoms with Crippen molar-refractivity contribution in [3.05, 3.63) is 33.6 Å². The van der Waals surface area contributed by atoms with Gasteiger partial charge in [0.25, 0.3) is 5.56 Å². The standard InChI is InChI=1S/C16H23N3OS/c1-10(2)8-17-16-18-14(9-21-16)13-7-6-12(5)19(11(3)4)15(13)20/h6-7,9-11H,8H2,1-5H3,(H,17,18). The Kier molecular flexibility index (Phi) is 4.83. The van der Waals surface area contributed by atoms with Crippen LogP contribution in [-0.4, -0.2) is 16.1 Å². The summed E-state index contributed by atoms with van der Waals surface area (Å²) >= 11 is 1.54. The maximum atomic E-state index is 12.6. The van der Waals surface area contributed by atoms with E-state index in [1.165, 1.54) is 0 Å². The van der Waals surface area contributed by atoms with Crippen LogP contribution in [0.5, 0.6) is 0 Å². The number of aromatic nitrogens is 2. The molecule has 0 unspecified atom stereocenters. The van der Waals surface area contributed by atoms with Crippen molar-refractivity contribution in [2.45, 2.75) is 40.7 Å². The zero-order chi connectivity index (χ0) is 15.6. The minimum absolute atomic E-state index is 0.0331. The number of aryl methyl sites for hydroxylation is 1. The van der Waals surface area contributed by atoms with E-state index in [4.69, 9.17) is 0 Å². The lowest BCUT2D eigenvalue weighted by molar-refractivity contribution is 0.564. The molecular formula is C16H23N3OS. The smallest absolute Gasteiger partial charge is 0.260 e. The molecule has 0 aliphatic heterocycles. The molecule has 2 heterocycles. The molecule has 0 aliphatic carbocycles. The van der Waals surface area contributed by atoms with Gasteiger partial charge < -0.3 is 9.88 Å². The van der Waals surface area contributed by atoms with Crippen molar-refractivity contribution in [2.24, 2.45) is 5.92 Å². The van der Waals surface area contributed by atoms with Gasteiger partial charge in [0.1, 0.15) is 0 Å². The first-order valence-electron chi connectivity index (χ1n) is 7.32. The molecule has 21 heavy (non-hydrogen) atoms. The van der Waals surface area contributed by atoms with Crippen LogP contribution < -0.4 is 10.9 Å². The molecule has 1 N–H and O–H groups in total. The summed E-state index contributed by atoms with van der Waals surface area (Å²) in [4.78, 5) is 17.2. The molecule has 0 saturated heterocycles. The van der Waals surface area contributed by atoms with Gasteiger partial charge in [0, 0.05) is 23.7 Å². The highest BCUT2D eigenvalue weighted by Gasteiger charge is 2.13. The van der Waals surface area contributed by atoms with Crippen molar-refractivity contribution in [3.63, 3.8) is 0 Å². The Balaban J connectivity index is 2.35. The molecule has 0 spiro atoms. The van der Waals surface area contributed by atoms with Crippen LogP contribution in [0.1, 0.15) is 39.4 Å². The van der Waals surface area contributed by atoms with Crippen molar-refractivity contribution in [1.29, 1.82) is 0 Å². The lowest BCUT2D eigenvalue weighted by Gasteiger charge is -2.14. The first kappa shape index (κ1) is 15.8. The Morgan fingerprint density at radius 3 is 2.62 bits per heavy atom. The number of nitrogens with zero attached hydrogens (tertiary/aromatic N) is 2. The summed E-state index contributed by atoms with van der Waals surface area (Å²) in [7, 11) is 0. The molecule has 0 bridgehead atoms. The van der Waals surface area contributed by atoms with E-state index >= 15 is 0 Å². The molecule has 0 aliphatic rings. The minimum atomic E-state index is 0.0331. The summed E-state index contributed by atoms with van der Waals surface area (Å²) in [6.07, 6.45) is 0. The SMILES string of the molecule is Cc1ccc(-c2csc(NCC(C)C)n2)c(=O)n1C(C)C. The Labute approximate surface area is 129 Å². The van der Waals surface area contributed by atoms with E-state index in [0.29, 0.717) is 11.5 Å². The number of rotatable bonds is 5.